The number of nitrogens with one attached hydrogen (secondary N) is 1. The fourth-order valence-electron chi connectivity index (χ4n) is 3.87. The minimum absolute atomic E-state index is 0.0383. The lowest BCUT2D eigenvalue weighted by molar-refractivity contribution is -0.140. The summed E-state index contributed by atoms with van der Waals surface area (Å²) in [6.07, 6.45) is 4.44. The summed E-state index contributed by atoms with van der Waals surface area (Å²) in [7, 11) is 0. The van der Waals surface area contributed by atoms with E-state index in [1.807, 2.05) is 25.1 Å². The Morgan fingerprint density at radius 2 is 1.56 bits per heavy atom. The summed E-state index contributed by atoms with van der Waals surface area (Å²) in [5.41, 5.74) is 3.64. The van der Waals surface area contributed by atoms with E-state index in [-0.39, 0.29) is 11.8 Å². The first-order valence-electron chi connectivity index (χ1n) is 12.2. The lowest BCUT2D eigenvalue weighted by Gasteiger charge is -2.30. The highest BCUT2D eigenvalue weighted by Crippen LogP contribution is 2.17. The Labute approximate surface area is 194 Å². The highest BCUT2D eigenvalue weighted by atomic mass is 16.2. The molecule has 174 valence electrons. The molecule has 0 bridgehead atoms. The lowest BCUT2D eigenvalue weighted by Crippen LogP contribution is -2.50. The molecule has 2 amide bonds. The van der Waals surface area contributed by atoms with Gasteiger partial charge in [-0.15, -0.1) is 0 Å². The molecule has 2 aromatic rings. The Bertz CT molecular complexity index is 815. The monoisotopic (exact) mass is 436 g/mol. The van der Waals surface area contributed by atoms with Gasteiger partial charge in [0.2, 0.25) is 11.8 Å². The second-order valence-corrected chi connectivity index (χ2v) is 8.79. The van der Waals surface area contributed by atoms with Crippen molar-refractivity contribution in [1.82, 2.24) is 10.2 Å². The fraction of sp³-hybridized carbons (Fsp3) is 0.500. The van der Waals surface area contributed by atoms with Crippen molar-refractivity contribution in [2.75, 3.05) is 13.1 Å². The Kier molecular flexibility index (Phi) is 11.0. The number of aryl methyl sites for hydroxylation is 1. The highest BCUT2D eigenvalue weighted by molar-refractivity contribution is 5.87. The van der Waals surface area contributed by atoms with E-state index in [0.717, 1.165) is 24.8 Å². The van der Waals surface area contributed by atoms with Crippen LogP contribution in [-0.2, 0) is 22.4 Å². The molecule has 0 saturated heterocycles. The van der Waals surface area contributed by atoms with Gasteiger partial charge in [-0.2, -0.15) is 0 Å². The molecule has 0 aliphatic carbocycles. The van der Waals surface area contributed by atoms with Crippen LogP contribution in [-0.4, -0.2) is 35.8 Å². The van der Waals surface area contributed by atoms with E-state index in [1.54, 1.807) is 4.90 Å². The first kappa shape index (κ1) is 25.6. The van der Waals surface area contributed by atoms with E-state index in [2.05, 4.69) is 62.5 Å². The van der Waals surface area contributed by atoms with Crippen molar-refractivity contribution < 1.29 is 9.59 Å². The number of nitrogens with zero attached hydrogens (tertiary/aromatic N) is 1. The van der Waals surface area contributed by atoms with E-state index in [1.165, 1.54) is 11.1 Å². The van der Waals surface area contributed by atoms with Crippen molar-refractivity contribution in [3.8, 4) is 0 Å². The molecule has 1 N–H and O–H groups in total. The van der Waals surface area contributed by atoms with Crippen LogP contribution in [0.5, 0.6) is 0 Å². The van der Waals surface area contributed by atoms with Gasteiger partial charge in [0.15, 0.2) is 0 Å². The van der Waals surface area contributed by atoms with Crippen molar-refractivity contribution in [3.05, 3.63) is 71.3 Å². The molecule has 32 heavy (non-hydrogen) atoms. The molecule has 4 nitrogen and oxygen atoms in total. The van der Waals surface area contributed by atoms with Crippen molar-refractivity contribution >= 4 is 11.8 Å². The van der Waals surface area contributed by atoms with E-state index in [9.17, 15) is 9.59 Å². The maximum atomic E-state index is 13.3. The number of amides is 2. The van der Waals surface area contributed by atoms with Gasteiger partial charge >= 0.3 is 0 Å². The summed E-state index contributed by atoms with van der Waals surface area (Å²) >= 11 is 0. The number of carbonyl (C=O) groups is 2. The molecular weight excluding hydrogens is 396 g/mol. The normalized spacial score (nSPS) is 11.9. The van der Waals surface area contributed by atoms with E-state index in [0.29, 0.717) is 38.3 Å². The number of unbranched alkanes of at least 4 members (excludes halogenated alkanes) is 1. The largest absolute Gasteiger partial charge is 0.354 e. The summed E-state index contributed by atoms with van der Waals surface area (Å²) in [5, 5.41) is 3.03. The lowest BCUT2D eigenvalue weighted by atomic mass is 10.00. The summed E-state index contributed by atoms with van der Waals surface area (Å²) < 4.78 is 0. The SMILES string of the molecule is CCCCNC(=O)C(CC)N(CCc1ccccc1)C(=O)CCc1ccc(C(C)C)cc1. The van der Waals surface area contributed by atoms with E-state index < -0.39 is 6.04 Å². The molecule has 0 saturated carbocycles. The van der Waals surface area contributed by atoms with Crippen LogP contribution >= 0.6 is 0 Å². The zero-order valence-corrected chi connectivity index (χ0v) is 20.3. The van der Waals surface area contributed by atoms with Gasteiger partial charge in [0, 0.05) is 19.5 Å². The van der Waals surface area contributed by atoms with Gasteiger partial charge in [-0.25, -0.2) is 0 Å². The van der Waals surface area contributed by atoms with Gasteiger partial charge in [0.25, 0.3) is 0 Å². The van der Waals surface area contributed by atoms with E-state index in [4.69, 9.17) is 0 Å². The third-order valence-corrected chi connectivity index (χ3v) is 5.97. The number of carbonyl (C=O) groups excluding carboxylic acids is 2. The summed E-state index contributed by atoms with van der Waals surface area (Å²) in [6.45, 7) is 9.66. The van der Waals surface area contributed by atoms with Crippen LogP contribution in [0.25, 0.3) is 0 Å². The third-order valence-electron chi connectivity index (χ3n) is 5.97. The first-order chi connectivity index (χ1) is 15.5. The Morgan fingerprint density at radius 3 is 2.16 bits per heavy atom. The highest BCUT2D eigenvalue weighted by Gasteiger charge is 2.27. The standard InChI is InChI=1S/C28H40N2O2/c1-5-7-20-29-28(32)26(6-2)30(21-19-23-11-9-8-10-12-23)27(31)18-15-24-13-16-25(17-14-24)22(3)4/h8-14,16-17,22,26H,5-7,15,18-21H2,1-4H3,(H,29,32). The van der Waals surface area contributed by atoms with Crippen LogP contribution in [0.4, 0.5) is 0 Å². The topological polar surface area (TPSA) is 49.4 Å². The van der Waals surface area contributed by atoms with Crippen molar-refractivity contribution in [2.45, 2.75) is 78.2 Å². The van der Waals surface area contributed by atoms with Crippen LogP contribution < -0.4 is 5.32 Å². The van der Waals surface area contributed by atoms with Crippen molar-refractivity contribution in [1.29, 1.82) is 0 Å². The van der Waals surface area contributed by atoms with Crippen molar-refractivity contribution in [3.63, 3.8) is 0 Å². The molecular formula is C28H40N2O2. The zero-order chi connectivity index (χ0) is 23.3. The zero-order valence-electron chi connectivity index (χ0n) is 20.3. The molecule has 1 atom stereocenters. The van der Waals surface area contributed by atoms with Gasteiger partial charge in [-0.1, -0.05) is 88.7 Å². The number of hydrogen-bond acceptors (Lipinski definition) is 2. The third kappa shape index (κ3) is 8.14. The molecule has 2 aromatic carbocycles. The average molecular weight is 437 g/mol. The minimum atomic E-state index is -0.425. The van der Waals surface area contributed by atoms with Gasteiger partial charge < -0.3 is 10.2 Å². The van der Waals surface area contributed by atoms with Crippen LogP contribution in [0.1, 0.15) is 76.0 Å². The van der Waals surface area contributed by atoms with Crippen LogP contribution in [0.3, 0.4) is 0 Å². The van der Waals surface area contributed by atoms with Crippen molar-refractivity contribution in [2.24, 2.45) is 0 Å². The average Bonchev–Trinajstić information content (AvgIpc) is 2.81. The quantitative estimate of drug-likeness (QED) is 0.421. The predicted octanol–water partition coefficient (Wildman–Crippen LogP) is 5.51. The van der Waals surface area contributed by atoms with E-state index >= 15 is 0 Å². The van der Waals surface area contributed by atoms with Gasteiger partial charge in [0.1, 0.15) is 6.04 Å². The smallest absolute Gasteiger partial charge is 0.242 e. The summed E-state index contributed by atoms with van der Waals surface area (Å²) in [4.78, 5) is 28.0. The molecule has 0 aliphatic heterocycles. The molecule has 0 aliphatic rings. The van der Waals surface area contributed by atoms with Crippen LogP contribution in [0.2, 0.25) is 0 Å². The Morgan fingerprint density at radius 1 is 0.906 bits per heavy atom. The summed E-state index contributed by atoms with van der Waals surface area (Å²) in [5.74, 6) is 0.505. The number of rotatable bonds is 13. The maximum absolute atomic E-state index is 13.3. The van der Waals surface area contributed by atoms with Gasteiger partial charge in [-0.05, 0) is 48.3 Å². The molecule has 2 rings (SSSR count). The molecule has 0 heterocycles. The number of hydrogen-bond donors (Lipinski definition) is 1. The Balaban J connectivity index is 2.08. The molecule has 0 spiro atoms. The molecule has 4 heteroatoms. The second-order valence-electron chi connectivity index (χ2n) is 8.79. The van der Waals surface area contributed by atoms with Gasteiger partial charge in [-0.3, -0.25) is 9.59 Å². The predicted molar refractivity (Wildman–Crippen MR) is 133 cm³/mol. The fourth-order valence-corrected chi connectivity index (χ4v) is 3.87. The van der Waals surface area contributed by atoms with Crippen LogP contribution in [0.15, 0.2) is 54.6 Å². The first-order valence-corrected chi connectivity index (χ1v) is 12.2. The summed E-state index contributed by atoms with van der Waals surface area (Å²) in [6, 6.07) is 18.3. The molecule has 0 fully saturated rings. The van der Waals surface area contributed by atoms with Gasteiger partial charge in [0.05, 0.1) is 0 Å². The Hall–Kier alpha value is -2.62. The molecule has 1 unspecified atom stereocenters. The maximum Gasteiger partial charge on any atom is 0.242 e. The number of benzene rings is 2. The minimum Gasteiger partial charge on any atom is -0.354 e. The second kappa shape index (κ2) is 13.7. The molecule has 0 aromatic heterocycles. The van der Waals surface area contributed by atoms with Crippen LogP contribution in [0, 0.1) is 0 Å². The molecule has 0 radical (unpaired) electrons.